The normalized spacial score (nSPS) is 13.6. The average Bonchev–Trinajstić information content (AvgIpc) is 2.20. The lowest BCUT2D eigenvalue weighted by Crippen LogP contribution is -2.31. The van der Waals surface area contributed by atoms with Crippen LogP contribution >= 0.6 is 0 Å². The van der Waals surface area contributed by atoms with Crippen LogP contribution in [0, 0.1) is 17.8 Å². The van der Waals surface area contributed by atoms with Crippen LogP contribution in [0.15, 0.2) is 0 Å². The van der Waals surface area contributed by atoms with Crippen molar-refractivity contribution in [1.82, 2.24) is 0 Å². The molecule has 0 spiro atoms. The zero-order valence-corrected chi connectivity index (χ0v) is 11.7. The zero-order chi connectivity index (χ0) is 12.7. The van der Waals surface area contributed by atoms with Gasteiger partial charge in [0.2, 0.25) is 0 Å². The largest absolute Gasteiger partial charge is 0.462 e. The molecule has 0 fully saturated rings. The molecule has 0 radical (unpaired) electrons. The molecule has 0 aliphatic heterocycles. The molecule has 16 heavy (non-hydrogen) atoms. The van der Waals surface area contributed by atoms with Crippen LogP contribution in [-0.4, -0.2) is 12.1 Å². The van der Waals surface area contributed by atoms with E-state index in [2.05, 4.69) is 34.6 Å². The lowest BCUT2D eigenvalue weighted by Gasteiger charge is -2.26. The molecule has 0 aromatic rings. The molecule has 0 aromatic heterocycles. The van der Waals surface area contributed by atoms with Crippen molar-refractivity contribution in [2.45, 2.75) is 66.9 Å². The van der Waals surface area contributed by atoms with Gasteiger partial charge in [-0.15, -0.1) is 0 Å². The Morgan fingerprint density at radius 3 is 1.94 bits per heavy atom. The number of ether oxygens (including phenoxy) is 1. The molecule has 0 saturated heterocycles. The highest BCUT2D eigenvalue weighted by atomic mass is 16.5. The van der Waals surface area contributed by atoms with Crippen LogP contribution in [0.3, 0.4) is 0 Å². The highest BCUT2D eigenvalue weighted by Crippen LogP contribution is 2.19. The Balaban J connectivity index is 4.18. The molecule has 0 saturated carbocycles. The molecule has 0 N–H and O–H groups in total. The maximum absolute atomic E-state index is 11.8. The number of rotatable bonds is 7. The van der Waals surface area contributed by atoms with Gasteiger partial charge in [0, 0.05) is 0 Å². The van der Waals surface area contributed by atoms with Crippen LogP contribution in [0.5, 0.6) is 0 Å². The highest BCUT2D eigenvalue weighted by molar-refractivity contribution is 5.72. The van der Waals surface area contributed by atoms with Crippen LogP contribution in [0.4, 0.5) is 0 Å². The molecule has 0 aromatic carbocycles. The Morgan fingerprint density at radius 1 is 1.06 bits per heavy atom. The Labute approximate surface area is 101 Å². The monoisotopic (exact) mass is 228 g/mol. The van der Waals surface area contributed by atoms with Crippen LogP contribution in [-0.2, 0) is 9.53 Å². The third-order valence-electron chi connectivity index (χ3n) is 2.96. The lowest BCUT2D eigenvalue weighted by molar-refractivity contribution is -0.158. The van der Waals surface area contributed by atoms with Crippen molar-refractivity contribution in [2.75, 3.05) is 0 Å². The summed E-state index contributed by atoms with van der Waals surface area (Å²) in [6.45, 7) is 12.5. The van der Waals surface area contributed by atoms with Crippen molar-refractivity contribution < 1.29 is 9.53 Å². The van der Waals surface area contributed by atoms with Crippen LogP contribution in [0.1, 0.15) is 60.8 Å². The average molecular weight is 228 g/mol. The van der Waals surface area contributed by atoms with Gasteiger partial charge in [-0.3, -0.25) is 4.79 Å². The van der Waals surface area contributed by atoms with Gasteiger partial charge in [-0.1, -0.05) is 54.4 Å². The fourth-order valence-electron chi connectivity index (χ4n) is 1.92. The standard InChI is InChI=1S/C14H28O2/c1-7-8-9-12(6)14(15)16-13(10(2)3)11(4)5/h10-13H,7-9H2,1-6H3. The second kappa shape index (κ2) is 7.70. The van der Waals surface area contributed by atoms with Gasteiger partial charge < -0.3 is 4.74 Å². The predicted octanol–water partition coefficient (Wildman–Crippen LogP) is 4.04. The summed E-state index contributed by atoms with van der Waals surface area (Å²) in [6.07, 6.45) is 3.23. The van der Waals surface area contributed by atoms with Gasteiger partial charge in [0.05, 0.1) is 5.92 Å². The van der Waals surface area contributed by atoms with Crippen molar-refractivity contribution in [2.24, 2.45) is 17.8 Å². The summed E-state index contributed by atoms with van der Waals surface area (Å²) in [5.41, 5.74) is 0. The molecule has 1 unspecified atom stereocenters. The fraction of sp³-hybridized carbons (Fsp3) is 0.929. The number of unbranched alkanes of at least 4 members (excludes halogenated alkanes) is 1. The summed E-state index contributed by atoms with van der Waals surface area (Å²) in [5, 5.41) is 0. The first-order valence-corrected chi connectivity index (χ1v) is 6.60. The van der Waals surface area contributed by atoms with E-state index < -0.39 is 0 Å². The third-order valence-corrected chi connectivity index (χ3v) is 2.96. The number of esters is 1. The molecule has 0 aliphatic carbocycles. The minimum atomic E-state index is -0.0270. The molecule has 96 valence electrons. The van der Waals surface area contributed by atoms with Crippen molar-refractivity contribution in [3.8, 4) is 0 Å². The molecule has 1 atom stereocenters. The van der Waals surface area contributed by atoms with Gasteiger partial charge in [-0.05, 0) is 18.3 Å². The van der Waals surface area contributed by atoms with E-state index in [-0.39, 0.29) is 18.0 Å². The minimum absolute atomic E-state index is 0.0270. The second-order valence-electron chi connectivity index (χ2n) is 5.43. The first-order valence-electron chi connectivity index (χ1n) is 6.60. The summed E-state index contributed by atoms with van der Waals surface area (Å²) < 4.78 is 5.59. The van der Waals surface area contributed by atoms with E-state index in [0.29, 0.717) is 11.8 Å². The van der Waals surface area contributed by atoms with Gasteiger partial charge in [-0.25, -0.2) is 0 Å². The molecule has 0 bridgehead atoms. The van der Waals surface area contributed by atoms with Gasteiger partial charge >= 0.3 is 5.97 Å². The van der Waals surface area contributed by atoms with Crippen molar-refractivity contribution in [1.29, 1.82) is 0 Å². The Bertz CT molecular complexity index is 189. The topological polar surface area (TPSA) is 26.3 Å². The van der Waals surface area contributed by atoms with E-state index in [0.717, 1.165) is 19.3 Å². The van der Waals surface area contributed by atoms with E-state index in [1.807, 2.05) is 6.92 Å². The molecule has 0 amide bonds. The Morgan fingerprint density at radius 2 is 1.56 bits per heavy atom. The quantitative estimate of drug-likeness (QED) is 0.615. The van der Waals surface area contributed by atoms with Gasteiger partial charge in [0.25, 0.3) is 0 Å². The second-order valence-corrected chi connectivity index (χ2v) is 5.43. The summed E-state index contributed by atoms with van der Waals surface area (Å²) in [7, 11) is 0. The van der Waals surface area contributed by atoms with E-state index in [4.69, 9.17) is 4.74 Å². The predicted molar refractivity (Wildman–Crippen MR) is 68.2 cm³/mol. The SMILES string of the molecule is CCCCC(C)C(=O)OC(C(C)C)C(C)C. The van der Waals surface area contributed by atoms with Gasteiger partial charge in [0.15, 0.2) is 0 Å². The van der Waals surface area contributed by atoms with Crippen molar-refractivity contribution >= 4 is 5.97 Å². The maximum atomic E-state index is 11.8. The molecule has 0 heterocycles. The number of carbonyl (C=O) groups is 1. The van der Waals surface area contributed by atoms with Gasteiger partial charge in [-0.2, -0.15) is 0 Å². The van der Waals surface area contributed by atoms with Crippen LogP contribution < -0.4 is 0 Å². The Hall–Kier alpha value is -0.530. The number of hydrogen-bond acceptors (Lipinski definition) is 2. The molecular weight excluding hydrogens is 200 g/mol. The van der Waals surface area contributed by atoms with Crippen LogP contribution in [0.2, 0.25) is 0 Å². The Kier molecular flexibility index (Phi) is 7.44. The molecule has 2 nitrogen and oxygen atoms in total. The first kappa shape index (κ1) is 15.5. The summed E-state index contributed by atoms with van der Waals surface area (Å²) in [4.78, 5) is 11.8. The maximum Gasteiger partial charge on any atom is 0.308 e. The van der Waals surface area contributed by atoms with Gasteiger partial charge in [0.1, 0.15) is 6.10 Å². The smallest absolute Gasteiger partial charge is 0.308 e. The summed E-state index contributed by atoms with van der Waals surface area (Å²) in [6, 6.07) is 0. The van der Waals surface area contributed by atoms with E-state index in [1.54, 1.807) is 0 Å². The van der Waals surface area contributed by atoms with E-state index in [1.165, 1.54) is 0 Å². The first-order chi connectivity index (χ1) is 7.40. The van der Waals surface area contributed by atoms with E-state index >= 15 is 0 Å². The van der Waals surface area contributed by atoms with Crippen molar-refractivity contribution in [3.63, 3.8) is 0 Å². The molecular formula is C14H28O2. The summed E-state index contributed by atoms with van der Waals surface area (Å²) >= 11 is 0. The third kappa shape index (κ3) is 5.53. The molecule has 0 aliphatic rings. The van der Waals surface area contributed by atoms with Crippen molar-refractivity contribution in [3.05, 3.63) is 0 Å². The van der Waals surface area contributed by atoms with Crippen LogP contribution in [0.25, 0.3) is 0 Å². The lowest BCUT2D eigenvalue weighted by atomic mass is 9.96. The molecule has 2 heteroatoms. The highest BCUT2D eigenvalue weighted by Gasteiger charge is 2.24. The zero-order valence-electron chi connectivity index (χ0n) is 11.7. The number of hydrogen-bond donors (Lipinski definition) is 0. The summed E-state index contributed by atoms with van der Waals surface area (Å²) in [5.74, 6) is 0.797. The van der Waals surface area contributed by atoms with E-state index in [9.17, 15) is 4.79 Å². The fourth-order valence-corrected chi connectivity index (χ4v) is 1.92. The minimum Gasteiger partial charge on any atom is -0.462 e. The number of carbonyl (C=O) groups excluding carboxylic acids is 1. The molecule has 0 rings (SSSR count).